The van der Waals surface area contributed by atoms with Gasteiger partial charge < -0.3 is 4.79 Å². The largest absolute Gasteiger partial charge is 0.303 e. The highest BCUT2D eigenvalue weighted by Gasteiger charge is 2.20. The predicted molar refractivity (Wildman–Crippen MR) is 60.5 cm³/mol. The molecule has 0 saturated heterocycles. The Bertz CT molecular complexity index is 346. The Labute approximate surface area is 92.6 Å². The average molecular weight is 253 g/mol. The third-order valence-corrected chi connectivity index (χ3v) is 3.70. The standard InChI is InChI=1S/C12H13BrO/c13-12-6-2-4-10-9(7-8-14)3-1-5-11(10)12/h2,4,6,8-9H,1,3,5,7H2. The highest BCUT2D eigenvalue weighted by Crippen LogP contribution is 2.36. The fourth-order valence-corrected chi connectivity index (χ4v) is 2.84. The fourth-order valence-electron chi connectivity index (χ4n) is 2.26. The Morgan fingerprint density at radius 1 is 1.50 bits per heavy atom. The Balaban J connectivity index is 2.39. The number of fused-ring (bicyclic) bond motifs is 1. The number of halogens is 1. The molecule has 1 aliphatic rings. The maximum absolute atomic E-state index is 10.6. The van der Waals surface area contributed by atoms with Crippen LogP contribution in [0.5, 0.6) is 0 Å². The van der Waals surface area contributed by atoms with Crippen LogP contribution in [0.2, 0.25) is 0 Å². The number of aldehydes is 1. The molecule has 0 fully saturated rings. The van der Waals surface area contributed by atoms with Crippen molar-refractivity contribution in [3.8, 4) is 0 Å². The second-order valence-electron chi connectivity index (χ2n) is 3.80. The van der Waals surface area contributed by atoms with Crippen molar-refractivity contribution in [2.24, 2.45) is 0 Å². The molecule has 0 heterocycles. The smallest absolute Gasteiger partial charge is 0.120 e. The SMILES string of the molecule is O=CCC1CCCc2c(Br)cccc21. The summed E-state index contributed by atoms with van der Waals surface area (Å²) in [4.78, 5) is 10.6. The molecule has 14 heavy (non-hydrogen) atoms. The summed E-state index contributed by atoms with van der Waals surface area (Å²) in [6.07, 6.45) is 5.21. The Morgan fingerprint density at radius 2 is 2.36 bits per heavy atom. The summed E-state index contributed by atoms with van der Waals surface area (Å²) in [5.41, 5.74) is 2.78. The number of rotatable bonds is 2. The van der Waals surface area contributed by atoms with Gasteiger partial charge in [0, 0.05) is 10.9 Å². The first-order chi connectivity index (χ1) is 6.83. The van der Waals surface area contributed by atoms with E-state index in [-0.39, 0.29) is 0 Å². The van der Waals surface area contributed by atoms with Crippen LogP contribution in [-0.2, 0) is 11.2 Å². The van der Waals surface area contributed by atoms with Gasteiger partial charge in [0.15, 0.2) is 0 Å². The van der Waals surface area contributed by atoms with Crippen LogP contribution < -0.4 is 0 Å². The van der Waals surface area contributed by atoms with Crippen molar-refractivity contribution < 1.29 is 4.79 Å². The maximum Gasteiger partial charge on any atom is 0.120 e. The van der Waals surface area contributed by atoms with Crippen LogP contribution in [0.25, 0.3) is 0 Å². The van der Waals surface area contributed by atoms with Gasteiger partial charge in [0.1, 0.15) is 6.29 Å². The first kappa shape index (κ1) is 9.91. The van der Waals surface area contributed by atoms with E-state index in [2.05, 4.69) is 34.1 Å². The molecule has 74 valence electrons. The molecule has 0 amide bonds. The van der Waals surface area contributed by atoms with Crippen molar-refractivity contribution in [2.45, 2.75) is 31.6 Å². The molecule has 1 aromatic rings. The Hall–Kier alpha value is -0.630. The molecule has 1 aromatic carbocycles. The molecule has 0 radical (unpaired) electrons. The van der Waals surface area contributed by atoms with Gasteiger partial charge in [-0.05, 0) is 42.4 Å². The van der Waals surface area contributed by atoms with Crippen molar-refractivity contribution in [2.75, 3.05) is 0 Å². The number of carbonyl (C=O) groups excluding carboxylic acids is 1. The van der Waals surface area contributed by atoms with Crippen LogP contribution in [0.15, 0.2) is 22.7 Å². The summed E-state index contributed by atoms with van der Waals surface area (Å²) in [5, 5.41) is 0. The molecule has 2 rings (SSSR count). The monoisotopic (exact) mass is 252 g/mol. The van der Waals surface area contributed by atoms with E-state index in [0.29, 0.717) is 12.3 Å². The van der Waals surface area contributed by atoms with Crippen molar-refractivity contribution >= 4 is 22.2 Å². The highest BCUT2D eigenvalue weighted by molar-refractivity contribution is 9.10. The average Bonchev–Trinajstić information content (AvgIpc) is 2.20. The topological polar surface area (TPSA) is 17.1 Å². The maximum atomic E-state index is 10.6. The summed E-state index contributed by atoms with van der Waals surface area (Å²) in [6.45, 7) is 0. The zero-order valence-electron chi connectivity index (χ0n) is 8.00. The fraction of sp³-hybridized carbons (Fsp3) is 0.417. The zero-order valence-corrected chi connectivity index (χ0v) is 9.59. The van der Waals surface area contributed by atoms with Crippen LogP contribution in [0.1, 0.15) is 36.3 Å². The van der Waals surface area contributed by atoms with Crippen LogP contribution in [-0.4, -0.2) is 6.29 Å². The minimum Gasteiger partial charge on any atom is -0.303 e. The molecule has 0 aromatic heterocycles. The summed E-state index contributed by atoms with van der Waals surface area (Å²) in [7, 11) is 0. The summed E-state index contributed by atoms with van der Waals surface area (Å²) < 4.78 is 1.20. The molecule has 1 aliphatic carbocycles. The van der Waals surface area contributed by atoms with Gasteiger partial charge in [0.2, 0.25) is 0 Å². The first-order valence-electron chi connectivity index (χ1n) is 5.04. The van der Waals surface area contributed by atoms with Gasteiger partial charge in [-0.2, -0.15) is 0 Å². The lowest BCUT2D eigenvalue weighted by molar-refractivity contribution is -0.108. The van der Waals surface area contributed by atoms with E-state index in [4.69, 9.17) is 0 Å². The molecule has 0 saturated carbocycles. The van der Waals surface area contributed by atoms with Gasteiger partial charge in [-0.1, -0.05) is 28.1 Å². The van der Waals surface area contributed by atoms with E-state index in [0.717, 1.165) is 19.1 Å². The minimum atomic E-state index is 0.453. The third-order valence-electron chi connectivity index (χ3n) is 2.96. The molecule has 1 unspecified atom stereocenters. The summed E-state index contributed by atoms with van der Waals surface area (Å²) in [6, 6.07) is 6.31. The van der Waals surface area contributed by atoms with Crippen LogP contribution in [0, 0.1) is 0 Å². The van der Waals surface area contributed by atoms with Crippen LogP contribution >= 0.6 is 15.9 Å². The van der Waals surface area contributed by atoms with E-state index in [9.17, 15) is 4.79 Å². The Morgan fingerprint density at radius 3 is 3.14 bits per heavy atom. The van der Waals surface area contributed by atoms with Gasteiger partial charge in [0.05, 0.1) is 0 Å². The van der Waals surface area contributed by atoms with Crippen molar-refractivity contribution in [3.05, 3.63) is 33.8 Å². The van der Waals surface area contributed by atoms with Crippen LogP contribution in [0.4, 0.5) is 0 Å². The van der Waals surface area contributed by atoms with Crippen LogP contribution in [0.3, 0.4) is 0 Å². The van der Waals surface area contributed by atoms with E-state index >= 15 is 0 Å². The molecule has 0 N–H and O–H groups in total. The molecule has 0 aliphatic heterocycles. The molecule has 1 nitrogen and oxygen atoms in total. The predicted octanol–water partition coefficient (Wildman–Crippen LogP) is 3.46. The normalized spacial score (nSPS) is 20.2. The second kappa shape index (κ2) is 4.26. The minimum absolute atomic E-state index is 0.453. The van der Waals surface area contributed by atoms with Crippen molar-refractivity contribution in [3.63, 3.8) is 0 Å². The van der Waals surface area contributed by atoms with E-state index in [1.165, 1.54) is 22.0 Å². The van der Waals surface area contributed by atoms with Gasteiger partial charge in [-0.25, -0.2) is 0 Å². The Kier molecular flexibility index (Phi) is 3.02. The lowest BCUT2D eigenvalue weighted by Crippen LogP contribution is -2.10. The van der Waals surface area contributed by atoms with Crippen molar-refractivity contribution in [1.29, 1.82) is 0 Å². The van der Waals surface area contributed by atoms with Gasteiger partial charge in [0.25, 0.3) is 0 Å². The number of hydrogen-bond donors (Lipinski definition) is 0. The van der Waals surface area contributed by atoms with Gasteiger partial charge in [-0.3, -0.25) is 0 Å². The number of carbonyl (C=O) groups is 1. The van der Waals surface area contributed by atoms with E-state index in [1.54, 1.807) is 0 Å². The van der Waals surface area contributed by atoms with E-state index < -0.39 is 0 Å². The number of benzene rings is 1. The highest BCUT2D eigenvalue weighted by atomic mass is 79.9. The first-order valence-corrected chi connectivity index (χ1v) is 5.83. The molecule has 0 spiro atoms. The molecular formula is C12H13BrO. The van der Waals surface area contributed by atoms with Crippen molar-refractivity contribution in [1.82, 2.24) is 0 Å². The molecule has 1 atom stereocenters. The van der Waals surface area contributed by atoms with E-state index in [1.807, 2.05) is 0 Å². The number of hydrogen-bond acceptors (Lipinski definition) is 1. The van der Waals surface area contributed by atoms with Gasteiger partial charge >= 0.3 is 0 Å². The lowest BCUT2D eigenvalue weighted by Gasteiger charge is -2.24. The summed E-state index contributed by atoms with van der Waals surface area (Å²) >= 11 is 3.57. The quantitative estimate of drug-likeness (QED) is 0.737. The zero-order chi connectivity index (χ0) is 9.97. The lowest BCUT2D eigenvalue weighted by atomic mass is 9.81. The summed E-state index contributed by atoms with van der Waals surface area (Å²) in [5.74, 6) is 0.453. The second-order valence-corrected chi connectivity index (χ2v) is 4.65. The molecular weight excluding hydrogens is 240 g/mol. The molecule has 0 bridgehead atoms. The third kappa shape index (κ3) is 1.76. The molecule has 2 heteroatoms. The van der Waals surface area contributed by atoms with Gasteiger partial charge in [-0.15, -0.1) is 0 Å².